The molecule has 0 bridgehead atoms. The lowest BCUT2D eigenvalue weighted by molar-refractivity contribution is 0.111. The van der Waals surface area contributed by atoms with E-state index in [0.717, 1.165) is 31.7 Å². The molecule has 94 valence electrons. The molecule has 0 radical (unpaired) electrons. The summed E-state index contributed by atoms with van der Waals surface area (Å²) in [5.74, 6) is 0.866. The molecule has 1 heterocycles. The number of aryl methyl sites for hydroxylation is 1. The first-order valence-corrected chi connectivity index (χ1v) is 7.52. The molecule has 3 rings (SSSR count). The molecule has 1 aromatic rings. The van der Waals surface area contributed by atoms with E-state index in [-0.39, 0.29) is 0 Å². The molecule has 0 aliphatic heterocycles. The van der Waals surface area contributed by atoms with Crippen LogP contribution in [0, 0.1) is 12.8 Å². The second-order valence-electron chi connectivity index (χ2n) is 5.41. The molecule has 0 amide bonds. The minimum Gasteiger partial charge on any atom is -0.376 e. The van der Waals surface area contributed by atoms with Crippen LogP contribution in [0.4, 0.5) is 0 Å². The first-order valence-electron chi connectivity index (χ1n) is 6.70. The smallest absolute Gasteiger partial charge is 0.0727 e. The highest BCUT2D eigenvalue weighted by Crippen LogP contribution is 2.30. The third-order valence-corrected chi connectivity index (χ3v) is 4.61. The van der Waals surface area contributed by atoms with E-state index in [9.17, 15) is 0 Å². The van der Waals surface area contributed by atoms with Crippen molar-refractivity contribution in [1.82, 2.24) is 5.32 Å². The van der Waals surface area contributed by atoms with E-state index in [1.165, 1.54) is 41.0 Å². The maximum Gasteiger partial charge on any atom is 0.0727 e. The fourth-order valence-corrected chi connectivity index (χ4v) is 2.97. The third kappa shape index (κ3) is 3.54. The number of ether oxygens (including phenoxy) is 1. The molecule has 0 unspecified atom stereocenters. The van der Waals surface area contributed by atoms with Crippen molar-refractivity contribution in [3.63, 3.8) is 0 Å². The van der Waals surface area contributed by atoms with Gasteiger partial charge < -0.3 is 10.1 Å². The van der Waals surface area contributed by atoms with Gasteiger partial charge in [-0.15, -0.1) is 11.3 Å². The zero-order valence-corrected chi connectivity index (χ0v) is 11.3. The molecule has 0 aromatic carbocycles. The minimum absolute atomic E-state index is 0.798. The summed E-state index contributed by atoms with van der Waals surface area (Å²) in [6.45, 7) is 5.02. The van der Waals surface area contributed by atoms with Gasteiger partial charge in [0.2, 0.25) is 0 Å². The zero-order valence-electron chi connectivity index (χ0n) is 10.5. The Bertz CT molecular complexity index is 380. The molecular formula is C14H21NOS. The van der Waals surface area contributed by atoms with Gasteiger partial charge in [0.1, 0.15) is 0 Å². The van der Waals surface area contributed by atoms with Gasteiger partial charge in [0.05, 0.1) is 6.61 Å². The number of rotatable bonds is 7. The van der Waals surface area contributed by atoms with Crippen molar-refractivity contribution in [3.8, 4) is 0 Å². The molecule has 0 spiro atoms. The van der Waals surface area contributed by atoms with E-state index >= 15 is 0 Å². The van der Waals surface area contributed by atoms with Crippen molar-refractivity contribution in [3.05, 3.63) is 21.4 Å². The van der Waals surface area contributed by atoms with Gasteiger partial charge in [-0.3, -0.25) is 0 Å². The topological polar surface area (TPSA) is 21.3 Å². The van der Waals surface area contributed by atoms with Crippen molar-refractivity contribution in [1.29, 1.82) is 0 Å². The van der Waals surface area contributed by atoms with Crippen molar-refractivity contribution in [2.75, 3.05) is 6.61 Å². The molecule has 17 heavy (non-hydrogen) atoms. The highest BCUT2D eigenvalue weighted by Gasteiger charge is 2.22. The molecule has 2 saturated carbocycles. The SMILES string of the molecule is Cc1sc(CNC2CC2)cc1COCC1CC1. The minimum atomic E-state index is 0.798. The van der Waals surface area contributed by atoms with Gasteiger partial charge in [-0.05, 0) is 50.2 Å². The van der Waals surface area contributed by atoms with Crippen LogP contribution < -0.4 is 5.32 Å². The number of thiophene rings is 1. The van der Waals surface area contributed by atoms with Crippen LogP contribution in [-0.2, 0) is 17.9 Å². The average Bonchev–Trinajstić information content (AvgIpc) is 3.19. The van der Waals surface area contributed by atoms with Gasteiger partial charge in [-0.2, -0.15) is 0 Å². The van der Waals surface area contributed by atoms with Crippen molar-refractivity contribution in [2.24, 2.45) is 5.92 Å². The first kappa shape index (κ1) is 11.7. The van der Waals surface area contributed by atoms with Gasteiger partial charge >= 0.3 is 0 Å². The monoisotopic (exact) mass is 251 g/mol. The van der Waals surface area contributed by atoms with Crippen LogP contribution in [0.1, 0.15) is 41.0 Å². The molecule has 3 heteroatoms. The maximum atomic E-state index is 5.76. The van der Waals surface area contributed by atoms with Gasteiger partial charge in [-0.25, -0.2) is 0 Å². The molecule has 2 aliphatic carbocycles. The highest BCUT2D eigenvalue weighted by molar-refractivity contribution is 7.12. The summed E-state index contributed by atoms with van der Waals surface area (Å²) in [5, 5.41) is 3.57. The zero-order chi connectivity index (χ0) is 11.7. The fourth-order valence-electron chi connectivity index (χ4n) is 1.97. The normalized spacial score (nSPS) is 19.8. The van der Waals surface area contributed by atoms with E-state index in [4.69, 9.17) is 4.74 Å². The Labute approximate surface area is 107 Å². The van der Waals surface area contributed by atoms with Crippen molar-refractivity contribution in [2.45, 2.75) is 51.8 Å². The lowest BCUT2D eigenvalue weighted by Gasteiger charge is -2.01. The molecule has 0 saturated heterocycles. The largest absolute Gasteiger partial charge is 0.376 e. The molecule has 0 atom stereocenters. The Morgan fingerprint density at radius 3 is 2.88 bits per heavy atom. The number of hydrogen-bond donors (Lipinski definition) is 1. The van der Waals surface area contributed by atoms with Crippen LogP contribution in [0.25, 0.3) is 0 Å². The Kier molecular flexibility index (Phi) is 3.50. The van der Waals surface area contributed by atoms with Crippen LogP contribution >= 0.6 is 11.3 Å². The number of nitrogens with one attached hydrogen (secondary N) is 1. The van der Waals surface area contributed by atoms with Crippen LogP contribution in [0.2, 0.25) is 0 Å². The van der Waals surface area contributed by atoms with Gasteiger partial charge in [0.15, 0.2) is 0 Å². The number of hydrogen-bond acceptors (Lipinski definition) is 3. The fraction of sp³-hybridized carbons (Fsp3) is 0.714. The highest BCUT2D eigenvalue weighted by atomic mass is 32.1. The van der Waals surface area contributed by atoms with E-state index in [1.807, 2.05) is 11.3 Å². The Morgan fingerprint density at radius 1 is 1.35 bits per heavy atom. The Morgan fingerprint density at radius 2 is 2.18 bits per heavy atom. The molecule has 2 fully saturated rings. The predicted molar refractivity (Wildman–Crippen MR) is 71.3 cm³/mol. The van der Waals surface area contributed by atoms with Gasteiger partial charge in [-0.1, -0.05) is 0 Å². The lowest BCUT2D eigenvalue weighted by atomic mass is 10.2. The van der Waals surface area contributed by atoms with Gasteiger partial charge in [0, 0.05) is 28.9 Å². The molecule has 1 N–H and O–H groups in total. The summed E-state index contributed by atoms with van der Waals surface area (Å²) in [4.78, 5) is 2.88. The second-order valence-corrected chi connectivity index (χ2v) is 6.75. The Balaban J connectivity index is 1.47. The average molecular weight is 251 g/mol. The molecule has 1 aromatic heterocycles. The van der Waals surface area contributed by atoms with E-state index in [1.54, 1.807) is 0 Å². The maximum absolute atomic E-state index is 5.76. The summed E-state index contributed by atoms with van der Waals surface area (Å²) < 4.78 is 5.76. The van der Waals surface area contributed by atoms with Gasteiger partial charge in [0.25, 0.3) is 0 Å². The molecular weight excluding hydrogens is 230 g/mol. The van der Waals surface area contributed by atoms with Crippen LogP contribution in [0.15, 0.2) is 6.07 Å². The summed E-state index contributed by atoms with van der Waals surface area (Å²) in [7, 11) is 0. The quantitative estimate of drug-likeness (QED) is 0.803. The van der Waals surface area contributed by atoms with E-state index in [0.29, 0.717) is 0 Å². The summed E-state index contributed by atoms with van der Waals surface area (Å²) >= 11 is 1.92. The van der Waals surface area contributed by atoms with Crippen LogP contribution in [0.3, 0.4) is 0 Å². The second kappa shape index (κ2) is 5.09. The standard InChI is InChI=1S/C14H21NOS/c1-10-12(9-16-8-11-2-3-11)6-14(17-10)7-15-13-4-5-13/h6,11,13,15H,2-5,7-9H2,1H3. The summed E-state index contributed by atoms with van der Waals surface area (Å²) in [6.07, 6.45) is 5.47. The summed E-state index contributed by atoms with van der Waals surface area (Å²) in [5.41, 5.74) is 1.39. The van der Waals surface area contributed by atoms with Crippen molar-refractivity contribution >= 4 is 11.3 Å². The predicted octanol–water partition coefficient (Wildman–Crippen LogP) is 3.24. The van der Waals surface area contributed by atoms with Crippen molar-refractivity contribution < 1.29 is 4.74 Å². The molecule has 2 aliphatic rings. The van der Waals surface area contributed by atoms with E-state index < -0.39 is 0 Å². The Hall–Kier alpha value is -0.380. The summed E-state index contributed by atoms with van der Waals surface area (Å²) in [6, 6.07) is 3.12. The van der Waals surface area contributed by atoms with Crippen LogP contribution in [0.5, 0.6) is 0 Å². The van der Waals surface area contributed by atoms with Crippen LogP contribution in [-0.4, -0.2) is 12.6 Å². The first-order chi connectivity index (χ1) is 8.31. The third-order valence-electron chi connectivity index (χ3n) is 3.52. The van der Waals surface area contributed by atoms with E-state index in [2.05, 4.69) is 18.3 Å². The molecule has 2 nitrogen and oxygen atoms in total. The lowest BCUT2D eigenvalue weighted by Crippen LogP contribution is -2.14.